The molecule has 0 heterocycles. The van der Waals surface area contributed by atoms with Gasteiger partial charge in [-0.3, -0.25) is 0 Å². The first-order chi connectivity index (χ1) is 19.5. The average Bonchev–Trinajstić information content (AvgIpc) is 2.86. The number of unbranched alkanes of at least 4 members (excludes halogenated alkanes) is 5. The van der Waals surface area contributed by atoms with Crippen molar-refractivity contribution in [1.29, 1.82) is 0 Å². The Labute approximate surface area is 246 Å². The summed E-state index contributed by atoms with van der Waals surface area (Å²) in [6.45, 7) is 13.5. The summed E-state index contributed by atoms with van der Waals surface area (Å²) in [6.07, 6.45) is -3.53. The van der Waals surface area contributed by atoms with E-state index in [1.165, 1.54) is 6.42 Å². The van der Waals surface area contributed by atoms with Crippen LogP contribution in [0.25, 0.3) is 11.1 Å². The largest absolute Gasteiger partial charge is 0.416 e. The van der Waals surface area contributed by atoms with Crippen molar-refractivity contribution < 1.29 is 40.6 Å². The van der Waals surface area contributed by atoms with E-state index in [9.17, 15) is 26.3 Å². The number of rotatable bonds is 16. The summed E-state index contributed by atoms with van der Waals surface area (Å²) in [6, 6.07) is 8.15. The van der Waals surface area contributed by atoms with Gasteiger partial charge in [-0.1, -0.05) is 69.7 Å². The maximum absolute atomic E-state index is 13.5. The molecule has 0 aromatic heterocycles. The monoisotopic (exact) mass is 604 g/mol. The van der Waals surface area contributed by atoms with Gasteiger partial charge in [0.25, 0.3) is 5.97 Å². The lowest BCUT2D eigenvalue weighted by Crippen LogP contribution is -2.49. The molecule has 0 saturated heterocycles. The van der Waals surface area contributed by atoms with Gasteiger partial charge in [-0.15, -0.1) is 0 Å². The van der Waals surface area contributed by atoms with Gasteiger partial charge < -0.3 is 14.2 Å². The van der Waals surface area contributed by atoms with Crippen LogP contribution in [0.15, 0.2) is 42.5 Å². The molecule has 0 bridgehead atoms. The SMILES string of the molecule is CCCCCCCCC(c1ccc(-c2cc(C(F)(F)F)cc(C(F)(F)F)c2)cc1)C(OC(C)C)(OC(C)C)OC(C)C. The van der Waals surface area contributed by atoms with Gasteiger partial charge in [-0.25, -0.2) is 0 Å². The van der Waals surface area contributed by atoms with Crippen LogP contribution < -0.4 is 0 Å². The van der Waals surface area contributed by atoms with Crippen LogP contribution in [0.4, 0.5) is 26.3 Å². The maximum atomic E-state index is 13.5. The maximum Gasteiger partial charge on any atom is 0.416 e. The molecule has 2 rings (SSSR count). The zero-order chi connectivity index (χ0) is 31.7. The summed E-state index contributed by atoms with van der Waals surface area (Å²) in [5, 5.41) is 0. The van der Waals surface area contributed by atoms with E-state index in [-0.39, 0.29) is 35.5 Å². The van der Waals surface area contributed by atoms with E-state index < -0.39 is 35.4 Å². The van der Waals surface area contributed by atoms with Crippen LogP contribution in [-0.4, -0.2) is 24.3 Å². The molecule has 1 atom stereocenters. The highest BCUT2D eigenvalue weighted by Gasteiger charge is 2.46. The second-order valence-corrected chi connectivity index (χ2v) is 11.6. The predicted octanol–water partition coefficient (Wildman–Crippen LogP) is 11.2. The fraction of sp³-hybridized carbons (Fsp3) is 0.636. The highest BCUT2D eigenvalue weighted by Crippen LogP contribution is 2.43. The van der Waals surface area contributed by atoms with Gasteiger partial charge in [-0.05, 0) is 82.9 Å². The van der Waals surface area contributed by atoms with Crippen molar-refractivity contribution in [3.63, 3.8) is 0 Å². The lowest BCUT2D eigenvalue weighted by Gasteiger charge is -2.43. The van der Waals surface area contributed by atoms with Crippen molar-refractivity contribution >= 4 is 0 Å². The molecule has 0 fully saturated rings. The first-order valence-corrected chi connectivity index (χ1v) is 14.9. The third-order valence-corrected chi connectivity index (χ3v) is 6.71. The van der Waals surface area contributed by atoms with Crippen molar-refractivity contribution in [2.45, 2.75) is 136 Å². The zero-order valence-electron chi connectivity index (χ0n) is 25.8. The minimum absolute atomic E-state index is 0.137. The van der Waals surface area contributed by atoms with Crippen LogP contribution in [0.1, 0.15) is 116 Å². The molecule has 0 amide bonds. The molecule has 9 heteroatoms. The Bertz CT molecular complexity index is 1020. The van der Waals surface area contributed by atoms with E-state index in [2.05, 4.69) is 6.92 Å². The number of halogens is 6. The number of hydrogen-bond acceptors (Lipinski definition) is 3. The summed E-state index contributed by atoms with van der Waals surface area (Å²) in [5.74, 6) is -1.85. The molecule has 0 radical (unpaired) electrons. The number of alkyl halides is 6. The van der Waals surface area contributed by atoms with Crippen LogP contribution in [-0.2, 0) is 26.6 Å². The summed E-state index contributed by atoms with van der Waals surface area (Å²) >= 11 is 0. The number of hydrogen-bond donors (Lipinski definition) is 0. The first kappa shape index (κ1) is 36.1. The van der Waals surface area contributed by atoms with Gasteiger partial charge in [0.15, 0.2) is 0 Å². The lowest BCUT2D eigenvalue weighted by atomic mass is 9.88. The van der Waals surface area contributed by atoms with Crippen molar-refractivity contribution in [3.8, 4) is 11.1 Å². The lowest BCUT2D eigenvalue weighted by molar-refractivity contribution is -0.420. The normalized spacial score (nSPS) is 13.9. The standard InChI is InChI=1S/C33H46F6O3/c1-8-9-10-11-12-13-14-30(33(40-22(2)3,41-23(4)5)42-24(6)7)26-17-15-25(16-18-26)27-19-28(31(34,35)36)21-29(20-27)32(37,38)39/h15-24,30H,8-14H2,1-7H3. The summed E-state index contributed by atoms with van der Waals surface area (Å²) < 4.78 is 100. The van der Waals surface area contributed by atoms with Gasteiger partial charge in [0.05, 0.1) is 35.4 Å². The fourth-order valence-electron chi connectivity index (χ4n) is 5.02. The van der Waals surface area contributed by atoms with Crippen LogP contribution in [0.2, 0.25) is 0 Å². The molecule has 0 aliphatic heterocycles. The van der Waals surface area contributed by atoms with Crippen LogP contribution in [0.5, 0.6) is 0 Å². The summed E-state index contributed by atoms with van der Waals surface area (Å²) in [4.78, 5) is 0. The van der Waals surface area contributed by atoms with Gasteiger partial charge >= 0.3 is 12.4 Å². The molecule has 0 spiro atoms. The van der Waals surface area contributed by atoms with E-state index in [0.29, 0.717) is 6.42 Å². The molecule has 0 N–H and O–H groups in total. The summed E-state index contributed by atoms with van der Waals surface area (Å²) in [7, 11) is 0. The van der Waals surface area contributed by atoms with E-state index in [1.54, 1.807) is 24.3 Å². The molecule has 1 unspecified atom stereocenters. The Hall–Kier alpha value is -2.10. The molecule has 0 aliphatic carbocycles. The fourth-order valence-corrected chi connectivity index (χ4v) is 5.02. The smallest absolute Gasteiger partial charge is 0.324 e. The van der Waals surface area contributed by atoms with Crippen LogP contribution >= 0.6 is 0 Å². The molecule has 0 aliphatic rings. The quantitative estimate of drug-likeness (QED) is 0.108. The number of benzene rings is 2. The Morgan fingerprint density at radius 1 is 0.571 bits per heavy atom. The van der Waals surface area contributed by atoms with E-state index >= 15 is 0 Å². The van der Waals surface area contributed by atoms with Crippen molar-refractivity contribution in [3.05, 3.63) is 59.2 Å². The second kappa shape index (κ2) is 15.6. The van der Waals surface area contributed by atoms with Gasteiger partial charge in [0, 0.05) is 0 Å². The Kier molecular flexibility index (Phi) is 13.4. The van der Waals surface area contributed by atoms with E-state index in [4.69, 9.17) is 14.2 Å². The number of ether oxygens (including phenoxy) is 3. The summed E-state index contributed by atoms with van der Waals surface area (Å²) in [5.41, 5.74) is -1.87. The second-order valence-electron chi connectivity index (χ2n) is 11.6. The molecule has 238 valence electrons. The molecule has 3 nitrogen and oxygen atoms in total. The topological polar surface area (TPSA) is 27.7 Å². The highest BCUT2D eigenvalue weighted by molar-refractivity contribution is 5.66. The van der Waals surface area contributed by atoms with Crippen molar-refractivity contribution in [2.75, 3.05) is 0 Å². The zero-order valence-corrected chi connectivity index (χ0v) is 25.8. The van der Waals surface area contributed by atoms with Crippen LogP contribution in [0.3, 0.4) is 0 Å². The van der Waals surface area contributed by atoms with E-state index in [0.717, 1.165) is 49.8 Å². The Morgan fingerprint density at radius 2 is 1.00 bits per heavy atom. The predicted molar refractivity (Wildman–Crippen MR) is 154 cm³/mol. The molecule has 2 aromatic carbocycles. The van der Waals surface area contributed by atoms with E-state index in [1.807, 2.05) is 41.5 Å². The average molecular weight is 605 g/mol. The third kappa shape index (κ3) is 10.9. The Balaban J connectivity index is 2.58. The van der Waals surface area contributed by atoms with Gasteiger partial charge in [-0.2, -0.15) is 26.3 Å². The molecular formula is C33H46F6O3. The van der Waals surface area contributed by atoms with Gasteiger partial charge in [0.2, 0.25) is 0 Å². The van der Waals surface area contributed by atoms with Gasteiger partial charge in [0.1, 0.15) is 0 Å². The minimum atomic E-state index is -4.92. The van der Waals surface area contributed by atoms with Crippen molar-refractivity contribution in [2.24, 2.45) is 0 Å². The molecule has 0 saturated carbocycles. The Morgan fingerprint density at radius 3 is 1.40 bits per heavy atom. The highest BCUT2D eigenvalue weighted by atomic mass is 19.4. The molecular weight excluding hydrogens is 558 g/mol. The van der Waals surface area contributed by atoms with Crippen LogP contribution in [0, 0.1) is 0 Å². The first-order valence-electron chi connectivity index (χ1n) is 14.9. The minimum Gasteiger partial charge on any atom is -0.324 e. The van der Waals surface area contributed by atoms with Crippen molar-refractivity contribution in [1.82, 2.24) is 0 Å². The molecule has 42 heavy (non-hydrogen) atoms. The molecule has 2 aromatic rings. The third-order valence-electron chi connectivity index (χ3n) is 6.71.